The third kappa shape index (κ3) is 1.64. The van der Waals surface area contributed by atoms with Crippen LogP contribution in [0.4, 0.5) is 5.69 Å². The maximum atomic E-state index is 3.78. The molecular formula is C12H13N. The average molecular weight is 171 g/mol. The SMILES string of the molecule is C=CC1=CCc2ccccc2NC1. The molecule has 0 atom stereocenters. The molecule has 0 aromatic heterocycles. The molecule has 0 amide bonds. The van der Waals surface area contributed by atoms with Gasteiger partial charge in [-0.05, 0) is 23.6 Å². The third-order valence-corrected chi connectivity index (χ3v) is 2.35. The molecular weight excluding hydrogens is 158 g/mol. The molecule has 0 bridgehead atoms. The summed E-state index contributed by atoms with van der Waals surface area (Å²) in [6, 6.07) is 8.41. The first-order valence-corrected chi connectivity index (χ1v) is 4.53. The number of benzene rings is 1. The molecule has 2 rings (SSSR count). The normalized spacial score (nSPS) is 14.9. The highest BCUT2D eigenvalue weighted by atomic mass is 14.9. The highest BCUT2D eigenvalue weighted by molar-refractivity contribution is 5.54. The highest BCUT2D eigenvalue weighted by Crippen LogP contribution is 2.19. The van der Waals surface area contributed by atoms with Crippen LogP contribution < -0.4 is 5.32 Å². The molecule has 1 heteroatoms. The summed E-state index contributed by atoms with van der Waals surface area (Å²) in [5.41, 5.74) is 3.88. The standard InChI is InChI=1S/C12H13N/c1-2-10-7-8-11-5-3-4-6-12(11)13-9-10/h2-7,13H,1,8-9H2. The fourth-order valence-corrected chi connectivity index (χ4v) is 1.54. The van der Waals surface area contributed by atoms with Gasteiger partial charge >= 0.3 is 0 Å². The Morgan fingerprint density at radius 1 is 1.31 bits per heavy atom. The number of allylic oxidation sites excluding steroid dienone is 1. The van der Waals surface area contributed by atoms with E-state index in [1.807, 2.05) is 6.08 Å². The Morgan fingerprint density at radius 3 is 3.00 bits per heavy atom. The molecule has 1 aromatic rings. The maximum Gasteiger partial charge on any atom is 0.0397 e. The lowest BCUT2D eigenvalue weighted by atomic mass is 10.1. The van der Waals surface area contributed by atoms with Crippen LogP contribution in [0.1, 0.15) is 5.56 Å². The summed E-state index contributed by atoms with van der Waals surface area (Å²) >= 11 is 0. The van der Waals surface area contributed by atoms with E-state index in [4.69, 9.17) is 0 Å². The second-order valence-corrected chi connectivity index (χ2v) is 3.20. The summed E-state index contributed by atoms with van der Waals surface area (Å²) in [5.74, 6) is 0. The second kappa shape index (κ2) is 3.48. The van der Waals surface area contributed by atoms with E-state index in [1.165, 1.54) is 16.8 Å². The van der Waals surface area contributed by atoms with Crippen LogP contribution in [0.5, 0.6) is 0 Å². The fraction of sp³-hybridized carbons (Fsp3) is 0.167. The molecule has 1 aliphatic rings. The highest BCUT2D eigenvalue weighted by Gasteiger charge is 2.04. The summed E-state index contributed by atoms with van der Waals surface area (Å²) in [5, 5.41) is 3.39. The lowest BCUT2D eigenvalue weighted by Gasteiger charge is -2.06. The minimum Gasteiger partial charge on any atom is -0.381 e. The number of anilines is 1. The minimum atomic E-state index is 0.889. The first-order valence-electron chi connectivity index (χ1n) is 4.53. The van der Waals surface area contributed by atoms with Crippen LogP contribution in [-0.2, 0) is 6.42 Å². The fourth-order valence-electron chi connectivity index (χ4n) is 1.54. The molecule has 0 saturated heterocycles. The van der Waals surface area contributed by atoms with Crippen molar-refractivity contribution in [2.45, 2.75) is 6.42 Å². The first kappa shape index (κ1) is 8.11. The lowest BCUT2D eigenvalue weighted by molar-refractivity contribution is 1.27. The van der Waals surface area contributed by atoms with E-state index in [9.17, 15) is 0 Å². The van der Waals surface area contributed by atoms with Crippen molar-refractivity contribution < 1.29 is 0 Å². The Hall–Kier alpha value is -1.50. The number of para-hydroxylation sites is 1. The van der Waals surface area contributed by atoms with Crippen molar-refractivity contribution >= 4 is 5.69 Å². The summed E-state index contributed by atoms with van der Waals surface area (Å²) in [6.07, 6.45) is 5.15. The van der Waals surface area contributed by atoms with Gasteiger partial charge in [-0.25, -0.2) is 0 Å². The van der Waals surface area contributed by atoms with E-state index in [1.54, 1.807) is 0 Å². The van der Waals surface area contributed by atoms with Crippen LogP contribution in [0.3, 0.4) is 0 Å². The molecule has 1 aliphatic heterocycles. The van der Waals surface area contributed by atoms with E-state index in [0.29, 0.717) is 0 Å². The van der Waals surface area contributed by atoms with E-state index in [-0.39, 0.29) is 0 Å². The zero-order valence-corrected chi connectivity index (χ0v) is 7.59. The first-order chi connectivity index (χ1) is 6.40. The third-order valence-electron chi connectivity index (χ3n) is 2.35. The Balaban J connectivity index is 2.31. The van der Waals surface area contributed by atoms with Crippen LogP contribution in [-0.4, -0.2) is 6.54 Å². The number of nitrogens with one attached hydrogen (secondary N) is 1. The van der Waals surface area contributed by atoms with Gasteiger partial charge in [0.2, 0.25) is 0 Å². The van der Waals surface area contributed by atoms with Crippen LogP contribution in [0.25, 0.3) is 0 Å². The van der Waals surface area contributed by atoms with Crippen molar-refractivity contribution in [2.24, 2.45) is 0 Å². The van der Waals surface area contributed by atoms with Gasteiger partial charge in [0.15, 0.2) is 0 Å². The van der Waals surface area contributed by atoms with Crippen LogP contribution in [0.15, 0.2) is 48.6 Å². The summed E-state index contributed by atoms with van der Waals surface area (Å²) < 4.78 is 0. The summed E-state index contributed by atoms with van der Waals surface area (Å²) in [6.45, 7) is 4.67. The maximum absolute atomic E-state index is 3.78. The number of hydrogen-bond donors (Lipinski definition) is 1. The average Bonchev–Trinajstić information content (AvgIpc) is 2.39. The predicted molar refractivity (Wildman–Crippen MR) is 56.9 cm³/mol. The van der Waals surface area contributed by atoms with Crippen molar-refractivity contribution in [3.63, 3.8) is 0 Å². The van der Waals surface area contributed by atoms with Gasteiger partial charge in [0.05, 0.1) is 0 Å². The van der Waals surface area contributed by atoms with Crippen LogP contribution in [0, 0.1) is 0 Å². The molecule has 0 spiro atoms. The molecule has 66 valence electrons. The van der Waals surface area contributed by atoms with Crippen LogP contribution in [0.2, 0.25) is 0 Å². The van der Waals surface area contributed by atoms with Gasteiger partial charge in [-0.3, -0.25) is 0 Å². The van der Waals surface area contributed by atoms with Gasteiger partial charge in [0.25, 0.3) is 0 Å². The molecule has 1 nitrogen and oxygen atoms in total. The van der Waals surface area contributed by atoms with Crippen molar-refractivity contribution in [3.05, 3.63) is 54.1 Å². The molecule has 1 heterocycles. The second-order valence-electron chi connectivity index (χ2n) is 3.20. The number of fused-ring (bicyclic) bond motifs is 1. The van der Waals surface area contributed by atoms with Crippen molar-refractivity contribution in [2.75, 3.05) is 11.9 Å². The summed E-state index contributed by atoms with van der Waals surface area (Å²) in [4.78, 5) is 0. The predicted octanol–water partition coefficient (Wildman–Crippen LogP) is 2.77. The molecule has 1 aromatic carbocycles. The zero-order chi connectivity index (χ0) is 9.10. The monoisotopic (exact) mass is 171 g/mol. The largest absolute Gasteiger partial charge is 0.381 e. The van der Waals surface area contributed by atoms with Gasteiger partial charge in [0, 0.05) is 12.2 Å². The Morgan fingerprint density at radius 2 is 2.15 bits per heavy atom. The van der Waals surface area contributed by atoms with E-state index < -0.39 is 0 Å². The molecule has 0 radical (unpaired) electrons. The Bertz CT molecular complexity index is 350. The quantitative estimate of drug-likeness (QED) is 0.685. The van der Waals surface area contributed by atoms with Gasteiger partial charge in [-0.2, -0.15) is 0 Å². The van der Waals surface area contributed by atoms with Gasteiger partial charge in [-0.15, -0.1) is 0 Å². The van der Waals surface area contributed by atoms with Gasteiger partial charge in [-0.1, -0.05) is 36.9 Å². The molecule has 0 saturated carbocycles. The Labute approximate surface area is 78.8 Å². The molecule has 13 heavy (non-hydrogen) atoms. The zero-order valence-electron chi connectivity index (χ0n) is 7.59. The summed E-state index contributed by atoms with van der Waals surface area (Å²) in [7, 11) is 0. The van der Waals surface area contributed by atoms with Gasteiger partial charge in [0.1, 0.15) is 0 Å². The molecule has 0 fully saturated rings. The lowest BCUT2D eigenvalue weighted by Crippen LogP contribution is -2.01. The van der Waals surface area contributed by atoms with E-state index in [2.05, 4.69) is 42.2 Å². The molecule has 0 unspecified atom stereocenters. The van der Waals surface area contributed by atoms with Gasteiger partial charge < -0.3 is 5.32 Å². The van der Waals surface area contributed by atoms with E-state index >= 15 is 0 Å². The molecule has 1 N–H and O–H groups in total. The van der Waals surface area contributed by atoms with Crippen molar-refractivity contribution in [3.8, 4) is 0 Å². The molecule has 0 aliphatic carbocycles. The van der Waals surface area contributed by atoms with Crippen LogP contribution >= 0.6 is 0 Å². The topological polar surface area (TPSA) is 12.0 Å². The Kier molecular flexibility index (Phi) is 2.17. The number of rotatable bonds is 1. The van der Waals surface area contributed by atoms with Crippen molar-refractivity contribution in [1.29, 1.82) is 0 Å². The smallest absolute Gasteiger partial charge is 0.0397 e. The number of hydrogen-bond acceptors (Lipinski definition) is 1. The minimum absolute atomic E-state index is 0.889. The van der Waals surface area contributed by atoms with Crippen molar-refractivity contribution in [1.82, 2.24) is 0 Å². The van der Waals surface area contributed by atoms with E-state index in [0.717, 1.165) is 13.0 Å².